The molecule has 25 heavy (non-hydrogen) atoms. The van der Waals surface area contributed by atoms with Gasteiger partial charge < -0.3 is 19.2 Å². The number of pyridine rings is 2. The van der Waals surface area contributed by atoms with Crippen LogP contribution in [0.15, 0.2) is 61.2 Å². The third-order valence-electron chi connectivity index (χ3n) is 4.47. The van der Waals surface area contributed by atoms with E-state index in [1.165, 1.54) is 0 Å². The van der Waals surface area contributed by atoms with Crippen molar-refractivity contribution in [3.05, 3.63) is 72.6 Å². The first-order chi connectivity index (χ1) is 12.3. The van der Waals surface area contributed by atoms with Crippen LogP contribution in [-0.2, 0) is 6.42 Å². The molecule has 0 aromatic carbocycles. The maximum Gasteiger partial charge on any atom is 0.396 e. The highest BCUT2D eigenvalue weighted by molar-refractivity contribution is 6.41. The maximum absolute atomic E-state index is 4.79. The molecule has 0 saturated heterocycles. The molecule has 0 fully saturated rings. The number of nitrogens with zero attached hydrogens (tertiary/aromatic N) is 6. The van der Waals surface area contributed by atoms with Crippen LogP contribution in [0.1, 0.15) is 11.4 Å². The Morgan fingerprint density at radius 2 is 1.20 bits per heavy atom. The predicted octanol–water partition coefficient (Wildman–Crippen LogP) is 1.34. The Hall–Kier alpha value is -2.89. The second kappa shape index (κ2) is 5.88. The molecule has 3 aliphatic rings. The molecule has 2 radical (unpaired) electrons. The van der Waals surface area contributed by atoms with E-state index in [-0.39, 0.29) is 0 Å². The van der Waals surface area contributed by atoms with E-state index in [4.69, 9.17) is 9.97 Å². The normalized spacial score (nSPS) is 17.9. The van der Waals surface area contributed by atoms with Gasteiger partial charge >= 0.3 is 15.1 Å². The van der Waals surface area contributed by atoms with Crippen molar-refractivity contribution in [2.45, 2.75) is 6.42 Å². The minimum absolute atomic E-state index is 0.713. The quantitative estimate of drug-likeness (QED) is 0.681. The number of fused-ring (bicyclic) bond motifs is 10. The maximum atomic E-state index is 4.79. The van der Waals surface area contributed by atoms with E-state index in [0.29, 0.717) is 6.42 Å². The number of hydrogen-bond acceptors (Lipinski definition) is 6. The summed E-state index contributed by atoms with van der Waals surface area (Å²) in [6, 6.07) is 12.3. The van der Waals surface area contributed by atoms with Crippen LogP contribution < -0.4 is 9.62 Å². The van der Waals surface area contributed by atoms with Crippen molar-refractivity contribution >= 4 is 26.7 Å². The van der Waals surface area contributed by atoms with Crippen LogP contribution in [0.2, 0.25) is 0 Å². The number of anilines is 2. The highest BCUT2D eigenvalue weighted by Gasteiger charge is 2.22. The van der Waals surface area contributed by atoms with E-state index in [1.54, 1.807) is 0 Å². The molecular weight excluding hydrogens is 310 g/mol. The number of rotatable bonds is 0. The molecule has 0 unspecified atom stereocenters. The molecule has 3 aliphatic heterocycles. The molecule has 0 N–H and O–H groups in total. The summed E-state index contributed by atoms with van der Waals surface area (Å²) in [5, 5.41) is 0. The molecule has 5 heterocycles. The van der Waals surface area contributed by atoms with Crippen molar-refractivity contribution in [2.24, 2.45) is 0 Å². The van der Waals surface area contributed by atoms with E-state index in [1.807, 2.05) is 24.5 Å². The Bertz CT molecular complexity index is 785. The van der Waals surface area contributed by atoms with Crippen LogP contribution >= 0.6 is 0 Å². The minimum Gasteiger partial charge on any atom is -0.402 e. The predicted molar refractivity (Wildman–Crippen MR) is 99.4 cm³/mol. The second-order valence-electron chi connectivity index (χ2n) is 6.27. The minimum atomic E-state index is 0.713. The summed E-state index contributed by atoms with van der Waals surface area (Å²) < 4.78 is 0. The van der Waals surface area contributed by atoms with Crippen molar-refractivity contribution < 1.29 is 0 Å². The fourth-order valence-corrected chi connectivity index (χ4v) is 3.16. The molecule has 8 bridgehead atoms. The van der Waals surface area contributed by atoms with Crippen LogP contribution in [0.3, 0.4) is 0 Å². The molecular formula is C17H16B2N6. The molecule has 120 valence electrons. The first-order valence-corrected chi connectivity index (χ1v) is 8.40. The lowest BCUT2D eigenvalue weighted by atomic mass is 10.1. The Morgan fingerprint density at radius 1 is 0.680 bits per heavy atom. The van der Waals surface area contributed by atoms with Crippen LogP contribution in [0.4, 0.5) is 11.6 Å². The van der Waals surface area contributed by atoms with Crippen LogP contribution in [0.25, 0.3) is 0 Å². The molecule has 6 nitrogen and oxygen atoms in total. The summed E-state index contributed by atoms with van der Waals surface area (Å²) in [5.74, 6) is 1.86. The van der Waals surface area contributed by atoms with Crippen molar-refractivity contribution in [2.75, 3.05) is 22.7 Å². The van der Waals surface area contributed by atoms with Crippen molar-refractivity contribution in [1.82, 2.24) is 19.6 Å². The van der Waals surface area contributed by atoms with Gasteiger partial charge in [-0.1, -0.05) is 12.1 Å². The van der Waals surface area contributed by atoms with Gasteiger partial charge in [-0.3, -0.25) is 0 Å². The summed E-state index contributed by atoms with van der Waals surface area (Å²) in [6.45, 7) is 1.80. The average Bonchev–Trinajstić information content (AvgIpc) is 3.29. The molecule has 0 aliphatic carbocycles. The van der Waals surface area contributed by atoms with Gasteiger partial charge in [-0.25, -0.2) is 9.97 Å². The molecule has 0 atom stereocenters. The van der Waals surface area contributed by atoms with E-state index >= 15 is 0 Å². The van der Waals surface area contributed by atoms with E-state index in [2.05, 4.69) is 71.0 Å². The zero-order valence-electron chi connectivity index (χ0n) is 13.7. The third-order valence-corrected chi connectivity index (χ3v) is 4.47. The summed E-state index contributed by atoms with van der Waals surface area (Å²) in [5.41, 5.74) is 2.03. The van der Waals surface area contributed by atoms with Gasteiger partial charge in [0, 0.05) is 55.7 Å². The Labute approximate surface area is 148 Å². The third kappa shape index (κ3) is 2.84. The topological polar surface area (TPSA) is 38.7 Å². The van der Waals surface area contributed by atoms with Gasteiger partial charge in [0.1, 0.15) is 11.6 Å². The van der Waals surface area contributed by atoms with Gasteiger partial charge in [-0.2, -0.15) is 0 Å². The fourth-order valence-electron chi connectivity index (χ4n) is 3.16. The van der Waals surface area contributed by atoms with Gasteiger partial charge in [0.25, 0.3) is 0 Å². The fraction of sp³-hybridized carbons (Fsp3) is 0.176. The zero-order chi connectivity index (χ0) is 16.6. The van der Waals surface area contributed by atoms with Crippen molar-refractivity contribution in [3.8, 4) is 0 Å². The second-order valence-corrected chi connectivity index (χ2v) is 6.27. The summed E-state index contributed by atoms with van der Waals surface area (Å²) >= 11 is 0. The standard InChI is InChI=1S/C17H16B2N6/c1-3-14-13-15-4-2-6-17(21-15)25-12-10-23(19-25)8-7-22-9-11-24(18-22)16(5-1)20-14/h1-6,9-12H,7-8,13H2. The van der Waals surface area contributed by atoms with Crippen LogP contribution in [-0.4, -0.2) is 47.8 Å². The smallest absolute Gasteiger partial charge is 0.396 e. The largest absolute Gasteiger partial charge is 0.402 e. The van der Waals surface area contributed by atoms with E-state index in [0.717, 1.165) is 36.1 Å². The van der Waals surface area contributed by atoms with E-state index < -0.39 is 0 Å². The zero-order valence-corrected chi connectivity index (χ0v) is 13.7. The molecule has 0 spiro atoms. The lowest BCUT2D eigenvalue weighted by Crippen LogP contribution is -2.37. The molecule has 2 aromatic heterocycles. The Kier molecular flexibility index (Phi) is 3.40. The SMILES string of the molecule is [B]1N2C=CN1c1cccc(n1)Cc1cccc(n1)N1[B]N(C=C1)CC2. The highest BCUT2D eigenvalue weighted by atomic mass is 15.3. The Morgan fingerprint density at radius 3 is 1.72 bits per heavy atom. The first-order valence-electron chi connectivity index (χ1n) is 8.40. The van der Waals surface area contributed by atoms with Crippen LogP contribution in [0.5, 0.6) is 0 Å². The van der Waals surface area contributed by atoms with Gasteiger partial charge in [0.15, 0.2) is 0 Å². The number of hydrogen-bond donors (Lipinski definition) is 0. The lowest BCUT2D eigenvalue weighted by Gasteiger charge is -2.23. The summed E-state index contributed by atoms with van der Waals surface area (Å²) in [6.07, 6.45) is 8.98. The molecule has 8 heteroatoms. The van der Waals surface area contributed by atoms with Gasteiger partial charge in [0.2, 0.25) is 0 Å². The number of aromatic nitrogens is 2. The van der Waals surface area contributed by atoms with Crippen molar-refractivity contribution in [3.63, 3.8) is 0 Å². The Balaban J connectivity index is 1.52. The molecule has 0 saturated carbocycles. The highest BCUT2D eigenvalue weighted by Crippen LogP contribution is 2.20. The summed E-state index contributed by atoms with van der Waals surface area (Å²) in [4.78, 5) is 18.1. The van der Waals surface area contributed by atoms with Crippen LogP contribution in [0, 0.1) is 0 Å². The molecule has 2 aromatic rings. The molecule has 0 amide bonds. The lowest BCUT2D eigenvalue weighted by molar-refractivity contribution is 0.496. The molecule has 5 rings (SSSR count). The first kappa shape index (κ1) is 14.5. The monoisotopic (exact) mass is 326 g/mol. The van der Waals surface area contributed by atoms with Gasteiger partial charge in [0.05, 0.1) is 0 Å². The average molecular weight is 326 g/mol. The van der Waals surface area contributed by atoms with Crippen molar-refractivity contribution in [1.29, 1.82) is 0 Å². The van der Waals surface area contributed by atoms with E-state index in [9.17, 15) is 0 Å². The van der Waals surface area contributed by atoms with Gasteiger partial charge in [-0.15, -0.1) is 0 Å². The summed E-state index contributed by atoms with van der Waals surface area (Å²) in [7, 11) is 4.17. The van der Waals surface area contributed by atoms with Gasteiger partial charge in [-0.05, 0) is 24.3 Å².